The highest BCUT2D eigenvalue weighted by Gasteiger charge is 2.05. The molecule has 0 bridgehead atoms. The summed E-state index contributed by atoms with van der Waals surface area (Å²) in [5.41, 5.74) is 1.06. The predicted molar refractivity (Wildman–Crippen MR) is 107 cm³/mol. The van der Waals surface area contributed by atoms with Gasteiger partial charge < -0.3 is 19.8 Å². The van der Waals surface area contributed by atoms with Crippen molar-refractivity contribution < 1.29 is 9.15 Å². The summed E-state index contributed by atoms with van der Waals surface area (Å²) >= 11 is 3.47. The van der Waals surface area contributed by atoms with Crippen molar-refractivity contribution in [2.24, 2.45) is 4.99 Å². The van der Waals surface area contributed by atoms with Gasteiger partial charge in [-0.3, -0.25) is 4.99 Å². The van der Waals surface area contributed by atoms with Gasteiger partial charge in [0.2, 0.25) is 0 Å². The van der Waals surface area contributed by atoms with Crippen molar-refractivity contribution in [3.05, 3.63) is 52.4 Å². The SMILES string of the molecule is CN=C(NCCc1ccco1)NCc1cc(Br)ccc1OC.I. The standard InChI is InChI=1S/C16H20BrN3O2.HI/c1-18-16(19-8-7-14-4-3-9-22-14)20-11-12-10-13(17)5-6-15(12)21-2;/h3-6,9-10H,7-8,11H2,1-2H3,(H2,18,19,20);1H. The predicted octanol–water partition coefficient (Wildman–Crippen LogP) is 3.58. The van der Waals surface area contributed by atoms with Crippen molar-refractivity contribution in [3.8, 4) is 5.75 Å². The van der Waals surface area contributed by atoms with Crippen molar-refractivity contribution in [2.75, 3.05) is 20.7 Å². The van der Waals surface area contributed by atoms with Gasteiger partial charge in [-0.1, -0.05) is 15.9 Å². The van der Waals surface area contributed by atoms with E-state index in [1.807, 2.05) is 30.3 Å². The summed E-state index contributed by atoms with van der Waals surface area (Å²) in [7, 11) is 3.42. The van der Waals surface area contributed by atoms with E-state index in [-0.39, 0.29) is 24.0 Å². The smallest absolute Gasteiger partial charge is 0.191 e. The number of hydrogen-bond donors (Lipinski definition) is 2. The zero-order chi connectivity index (χ0) is 15.8. The Balaban J connectivity index is 0.00000264. The second kappa shape index (κ2) is 10.5. The number of hydrogen-bond acceptors (Lipinski definition) is 3. The molecule has 1 aromatic heterocycles. The highest BCUT2D eigenvalue weighted by atomic mass is 127. The number of guanidine groups is 1. The van der Waals surface area contributed by atoms with Crippen LogP contribution in [0.2, 0.25) is 0 Å². The molecular weight excluding hydrogens is 473 g/mol. The van der Waals surface area contributed by atoms with Gasteiger partial charge in [-0.15, -0.1) is 24.0 Å². The minimum Gasteiger partial charge on any atom is -0.496 e. The van der Waals surface area contributed by atoms with Gasteiger partial charge in [0.1, 0.15) is 11.5 Å². The van der Waals surface area contributed by atoms with Crippen LogP contribution in [0, 0.1) is 0 Å². The molecule has 1 heterocycles. The molecule has 1 aromatic carbocycles. The van der Waals surface area contributed by atoms with Crippen LogP contribution in [-0.4, -0.2) is 26.7 Å². The number of rotatable bonds is 6. The van der Waals surface area contributed by atoms with Crippen molar-refractivity contribution in [3.63, 3.8) is 0 Å². The van der Waals surface area contributed by atoms with Crippen LogP contribution in [0.15, 0.2) is 50.5 Å². The van der Waals surface area contributed by atoms with Crippen LogP contribution in [-0.2, 0) is 13.0 Å². The van der Waals surface area contributed by atoms with E-state index in [1.54, 1.807) is 20.4 Å². The number of nitrogens with one attached hydrogen (secondary N) is 2. The molecule has 0 fully saturated rings. The van der Waals surface area contributed by atoms with Crippen LogP contribution in [0.3, 0.4) is 0 Å². The van der Waals surface area contributed by atoms with E-state index in [9.17, 15) is 0 Å². The second-order valence-electron chi connectivity index (χ2n) is 4.64. The summed E-state index contributed by atoms with van der Waals surface area (Å²) in [6, 6.07) is 9.78. The Morgan fingerprint density at radius 1 is 1.30 bits per heavy atom. The lowest BCUT2D eigenvalue weighted by Crippen LogP contribution is -2.37. The number of aliphatic imine (C=N–C) groups is 1. The van der Waals surface area contributed by atoms with E-state index in [0.29, 0.717) is 6.54 Å². The molecule has 5 nitrogen and oxygen atoms in total. The molecule has 2 N–H and O–H groups in total. The normalized spacial score (nSPS) is 10.8. The zero-order valence-corrected chi connectivity index (χ0v) is 17.1. The van der Waals surface area contributed by atoms with Crippen LogP contribution >= 0.6 is 39.9 Å². The van der Waals surface area contributed by atoms with E-state index in [4.69, 9.17) is 9.15 Å². The average molecular weight is 494 g/mol. The largest absolute Gasteiger partial charge is 0.496 e. The molecule has 0 aliphatic rings. The number of methoxy groups -OCH3 is 1. The maximum atomic E-state index is 5.36. The summed E-state index contributed by atoms with van der Waals surface area (Å²) in [5.74, 6) is 2.55. The first kappa shape index (κ1) is 19.8. The van der Waals surface area contributed by atoms with Crippen LogP contribution in [0.4, 0.5) is 0 Å². The molecule has 0 saturated heterocycles. The summed E-state index contributed by atoms with van der Waals surface area (Å²) < 4.78 is 11.7. The van der Waals surface area contributed by atoms with Gasteiger partial charge in [-0.05, 0) is 30.3 Å². The highest BCUT2D eigenvalue weighted by Crippen LogP contribution is 2.22. The molecule has 0 spiro atoms. The first-order chi connectivity index (χ1) is 10.7. The van der Waals surface area contributed by atoms with Gasteiger partial charge >= 0.3 is 0 Å². The summed E-state index contributed by atoms with van der Waals surface area (Å²) in [4.78, 5) is 4.21. The molecule has 23 heavy (non-hydrogen) atoms. The first-order valence-electron chi connectivity index (χ1n) is 7.02. The van der Waals surface area contributed by atoms with E-state index < -0.39 is 0 Å². The van der Waals surface area contributed by atoms with E-state index in [0.717, 1.165) is 40.5 Å². The third-order valence-corrected chi connectivity index (χ3v) is 3.65. The lowest BCUT2D eigenvalue weighted by Gasteiger charge is -2.13. The van der Waals surface area contributed by atoms with E-state index >= 15 is 0 Å². The Labute approximate surface area is 162 Å². The van der Waals surface area contributed by atoms with Crippen molar-refractivity contribution >= 4 is 45.9 Å². The van der Waals surface area contributed by atoms with Crippen LogP contribution in [0.5, 0.6) is 5.75 Å². The van der Waals surface area contributed by atoms with Crippen molar-refractivity contribution in [1.82, 2.24) is 10.6 Å². The molecule has 0 atom stereocenters. The molecule has 2 rings (SSSR count). The van der Waals surface area contributed by atoms with Gasteiger partial charge in [0.25, 0.3) is 0 Å². The van der Waals surface area contributed by atoms with E-state index in [2.05, 4.69) is 31.6 Å². The quantitative estimate of drug-likeness (QED) is 0.367. The van der Waals surface area contributed by atoms with Gasteiger partial charge in [0.15, 0.2) is 5.96 Å². The Morgan fingerprint density at radius 3 is 2.78 bits per heavy atom. The fourth-order valence-electron chi connectivity index (χ4n) is 2.04. The van der Waals surface area contributed by atoms with Crippen molar-refractivity contribution in [1.29, 1.82) is 0 Å². The first-order valence-corrected chi connectivity index (χ1v) is 7.81. The zero-order valence-electron chi connectivity index (χ0n) is 13.1. The topological polar surface area (TPSA) is 58.8 Å². The molecule has 0 saturated carbocycles. The molecule has 0 aliphatic carbocycles. The molecule has 0 aliphatic heterocycles. The monoisotopic (exact) mass is 493 g/mol. The Bertz CT molecular complexity index is 618. The number of benzene rings is 1. The lowest BCUT2D eigenvalue weighted by atomic mass is 10.2. The lowest BCUT2D eigenvalue weighted by molar-refractivity contribution is 0.409. The molecule has 7 heteroatoms. The Hall–Kier alpha value is -1.22. The van der Waals surface area contributed by atoms with Crippen LogP contribution in [0.1, 0.15) is 11.3 Å². The number of nitrogens with zero attached hydrogens (tertiary/aromatic N) is 1. The van der Waals surface area contributed by atoms with Gasteiger partial charge in [-0.25, -0.2) is 0 Å². The third-order valence-electron chi connectivity index (χ3n) is 3.16. The van der Waals surface area contributed by atoms with Gasteiger partial charge in [0, 0.05) is 36.6 Å². The van der Waals surface area contributed by atoms with E-state index in [1.165, 1.54) is 0 Å². The summed E-state index contributed by atoms with van der Waals surface area (Å²) in [5, 5.41) is 6.53. The molecule has 0 amide bonds. The van der Waals surface area contributed by atoms with Gasteiger partial charge in [0.05, 0.1) is 13.4 Å². The maximum absolute atomic E-state index is 5.36. The Morgan fingerprint density at radius 2 is 2.13 bits per heavy atom. The fourth-order valence-corrected chi connectivity index (χ4v) is 2.45. The minimum atomic E-state index is 0. The fraction of sp³-hybridized carbons (Fsp3) is 0.312. The number of ether oxygens (including phenoxy) is 1. The van der Waals surface area contributed by atoms with Crippen molar-refractivity contribution in [2.45, 2.75) is 13.0 Å². The second-order valence-corrected chi connectivity index (χ2v) is 5.55. The summed E-state index contributed by atoms with van der Waals surface area (Å²) in [6.45, 7) is 1.38. The maximum Gasteiger partial charge on any atom is 0.191 e. The number of furan rings is 1. The number of halogens is 2. The molecular formula is C16H21BrIN3O2. The third kappa shape index (κ3) is 6.42. The average Bonchev–Trinajstić information content (AvgIpc) is 3.04. The minimum absolute atomic E-state index is 0. The molecule has 126 valence electrons. The van der Waals surface area contributed by atoms with Gasteiger partial charge in [-0.2, -0.15) is 0 Å². The van der Waals surface area contributed by atoms with Crippen LogP contribution in [0.25, 0.3) is 0 Å². The molecule has 2 aromatic rings. The highest BCUT2D eigenvalue weighted by molar-refractivity contribution is 14.0. The Kier molecular flexibility index (Phi) is 9.08. The molecule has 0 radical (unpaired) electrons. The van der Waals surface area contributed by atoms with Crippen LogP contribution < -0.4 is 15.4 Å². The molecule has 0 unspecified atom stereocenters. The summed E-state index contributed by atoms with van der Waals surface area (Å²) in [6.07, 6.45) is 2.50.